The molecule has 2 rings (SSSR count). The average Bonchev–Trinajstić information content (AvgIpc) is 2.88. The molecular weight excluding hydrogens is 502 g/mol. The van der Waals surface area contributed by atoms with Crippen LogP contribution >= 0.6 is 0 Å². The van der Waals surface area contributed by atoms with Gasteiger partial charge in [-0.2, -0.15) is 0 Å². The van der Waals surface area contributed by atoms with Crippen LogP contribution in [0.4, 0.5) is 10.5 Å². The molecule has 0 saturated carbocycles. The lowest BCUT2D eigenvalue weighted by molar-refractivity contribution is -0.142. The standard InChI is InChI=1S/C33H49N3O4/c1-10-12-15-20-36(31(38)28(22(3)11-2)35-32(39)40-33(7,8)9)29(26-19-18-23(4)25(6)21-26)30(37)34-27-17-14-13-16-24(27)5/h13-14,16-19,21-22,28-29H,10-12,15,20H2,1-9H3,(H,34,37)(H,35,39). The number of rotatable bonds is 12. The van der Waals surface area contributed by atoms with Gasteiger partial charge in [-0.3, -0.25) is 9.59 Å². The molecule has 3 unspecified atom stereocenters. The highest BCUT2D eigenvalue weighted by atomic mass is 16.6. The minimum absolute atomic E-state index is 0.173. The van der Waals surface area contributed by atoms with Gasteiger partial charge in [-0.15, -0.1) is 0 Å². The van der Waals surface area contributed by atoms with Gasteiger partial charge in [-0.25, -0.2) is 4.79 Å². The average molecular weight is 552 g/mol. The van der Waals surface area contributed by atoms with E-state index in [1.54, 1.807) is 25.7 Å². The molecule has 0 aliphatic rings. The van der Waals surface area contributed by atoms with E-state index in [0.717, 1.165) is 41.5 Å². The predicted molar refractivity (Wildman–Crippen MR) is 162 cm³/mol. The summed E-state index contributed by atoms with van der Waals surface area (Å²) in [4.78, 5) is 43.0. The van der Waals surface area contributed by atoms with Crippen molar-refractivity contribution >= 4 is 23.6 Å². The van der Waals surface area contributed by atoms with Crippen molar-refractivity contribution in [3.05, 3.63) is 64.7 Å². The topological polar surface area (TPSA) is 87.7 Å². The number of carbonyl (C=O) groups is 3. The molecule has 2 N–H and O–H groups in total. The van der Waals surface area contributed by atoms with Crippen LogP contribution in [0.2, 0.25) is 0 Å². The lowest BCUT2D eigenvalue weighted by atomic mass is 9.94. The van der Waals surface area contributed by atoms with Crippen LogP contribution in [-0.2, 0) is 14.3 Å². The zero-order chi connectivity index (χ0) is 30.0. The second kappa shape index (κ2) is 14.9. The van der Waals surface area contributed by atoms with Crippen LogP contribution < -0.4 is 10.6 Å². The van der Waals surface area contributed by atoms with Crippen LogP contribution in [0, 0.1) is 26.7 Å². The fourth-order valence-corrected chi connectivity index (χ4v) is 4.52. The van der Waals surface area contributed by atoms with Crippen molar-refractivity contribution in [3.8, 4) is 0 Å². The maximum atomic E-state index is 14.4. The van der Waals surface area contributed by atoms with Gasteiger partial charge in [0.2, 0.25) is 5.91 Å². The summed E-state index contributed by atoms with van der Waals surface area (Å²) in [7, 11) is 0. The van der Waals surface area contributed by atoms with Crippen molar-refractivity contribution in [2.24, 2.45) is 5.92 Å². The Balaban J connectivity index is 2.60. The van der Waals surface area contributed by atoms with Gasteiger partial charge in [0.25, 0.3) is 5.91 Å². The summed E-state index contributed by atoms with van der Waals surface area (Å²) in [6.45, 7) is 17.7. The molecule has 0 aliphatic carbocycles. The number of amides is 3. The fraction of sp³-hybridized carbons (Fsp3) is 0.545. The van der Waals surface area contributed by atoms with Gasteiger partial charge in [-0.05, 0) is 82.2 Å². The number of para-hydroxylation sites is 1. The molecular formula is C33H49N3O4. The SMILES string of the molecule is CCCCCN(C(=O)C(NC(=O)OC(C)(C)C)C(C)CC)C(C(=O)Nc1ccccc1C)c1ccc(C)c(C)c1. The molecule has 0 spiro atoms. The number of aryl methyl sites for hydroxylation is 3. The molecule has 7 nitrogen and oxygen atoms in total. The van der Waals surface area contributed by atoms with Crippen molar-refractivity contribution in [1.82, 2.24) is 10.2 Å². The summed E-state index contributed by atoms with van der Waals surface area (Å²) in [6, 6.07) is 11.8. The van der Waals surface area contributed by atoms with Crippen molar-refractivity contribution in [3.63, 3.8) is 0 Å². The molecule has 2 aromatic carbocycles. The van der Waals surface area contributed by atoms with E-state index in [1.807, 2.05) is 77.1 Å². The number of carbonyl (C=O) groups excluding carboxylic acids is 3. The third-order valence-corrected chi connectivity index (χ3v) is 7.25. The largest absolute Gasteiger partial charge is 0.444 e. The quantitative estimate of drug-likeness (QED) is 0.272. The number of unbranched alkanes of at least 4 members (excludes halogenated alkanes) is 2. The molecule has 2 aromatic rings. The van der Waals surface area contributed by atoms with E-state index in [-0.39, 0.29) is 17.7 Å². The number of hydrogen-bond donors (Lipinski definition) is 2. The molecule has 0 aromatic heterocycles. The first-order valence-corrected chi connectivity index (χ1v) is 14.5. The number of nitrogens with zero attached hydrogens (tertiary/aromatic N) is 1. The summed E-state index contributed by atoms with van der Waals surface area (Å²) in [5.41, 5.74) is 3.81. The molecule has 3 atom stereocenters. The minimum atomic E-state index is -0.879. The van der Waals surface area contributed by atoms with Crippen LogP contribution in [-0.4, -0.2) is 41.0 Å². The predicted octanol–water partition coefficient (Wildman–Crippen LogP) is 7.25. The van der Waals surface area contributed by atoms with Crippen LogP contribution in [0.15, 0.2) is 42.5 Å². The molecule has 0 fully saturated rings. The van der Waals surface area contributed by atoms with E-state index in [2.05, 4.69) is 17.6 Å². The normalized spacial score (nSPS) is 13.6. The van der Waals surface area contributed by atoms with E-state index < -0.39 is 23.8 Å². The van der Waals surface area contributed by atoms with Crippen LogP contribution in [0.5, 0.6) is 0 Å². The maximum absolute atomic E-state index is 14.4. The van der Waals surface area contributed by atoms with E-state index in [1.165, 1.54) is 0 Å². The smallest absolute Gasteiger partial charge is 0.408 e. The highest BCUT2D eigenvalue weighted by Crippen LogP contribution is 2.28. The van der Waals surface area contributed by atoms with Gasteiger partial charge in [0.05, 0.1) is 0 Å². The third-order valence-electron chi connectivity index (χ3n) is 7.25. The molecule has 0 aliphatic heterocycles. The Morgan fingerprint density at radius 2 is 1.60 bits per heavy atom. The van der Waals surface area contributed by atoms with Crippen LogP contribution in [0.1, 0.15) is 95.5 Å². The Morgan fingerprint density at radius 3 is 2.17 bits per heavy atom. The Morgan fingerprint density at radius 1 is 0.925 bits per heavy atom. The highest BCUT2D eigenvalue weighted by Gasteiger charge is 2.38. The summed E-state index contributed by atoms with van der Waals surface area (Å²) in [5, 5.41) is 5.91. The van der Waals surface area contributed by atoms with Gasteiger partial charge in [0.15, 0.2) is 0 Å². The molecule has 0 saturated heterocycles. The third kappa shape index (κ3) is 9.39. The number of alkyl carbamates (subject to hydrolysis) is 1. The zero-order valence-electron chi connectivity index (χ0n) is 25.9. The first kappa shape index (κ1) is 32.9. The van der Waals surface area contributed by atoms with Crippen LogP contribution in [0.25, 0.3) is 0 Å². The molecule has 0 bridgehead atoms. The molecule has 220 valence electrons. The van der Waals surface area contributed by atoms with Crippen molar-refractivity contribution in [2.75, 3.05) is 11.9 Å². The van der Waals surface area contributed by atoms with Gasteiger partial charge in [0.1, 0.15) is 17.7 Å². The fourth-order valence-electron chi connectivity index (χ4n) is 4.52. The molecule has 40 heavy (non-hydrogen) atoms. The highest BCUT2D eigenvalue weighted by molar-refractivity contribution is 5.99. The number of nitrogens with one attached hydrogen (secondary N) is 2. The van der Waals surface area contributed by atoms with Gasteiger partial charge < -0.3 is 20.3 Å². The molecule has 0 radical (unpaired) electrons. The molecule has 0 heterocycles. The summed E-state index contributed by atoms with van der Waals surface area (Å²) in [6.07, 6.45) is 2.64. The van der Waals surface area contributed by atoms with Crippen molar-refractivity contribution in [1.29, 1.82) is 0 Å². The Bertz CT molecular complexity index is 1150. The van der Waals surface area contributed by atoms with Crippen LogP contribution in [0.3, 0.4) is 0 Å². The lowest BCUT2D eigenvalue weighted by Crippen LogP contribution is -2.55. The number of anilines is 1. The Hall–Kier alpha value is -3.35. The van der Waals surface area contributed by atoms with Gasteiger partial charge in [-0.1, -0.05) is 76.4 Å². The minimum Gasteiger partial charge on any atom is -0.444 e. The van der Waals surface area contributed by atoms with E-state index in [9.17, 15) is 14.4 Å². The van der Waals surface area contributed by atoms with Crippen molar-refractivity contribution < 1.29 is 19.1 Å². The second-order valence-corrected chi connectivity index (χ2v) is 11.8. The van der Waals surface area contributed by atoms with Crippen molar-refractivity contribution in [2.45, 2.75) is 106 Å². The van der Waals surface area contributed by atoms with E-state index >= 15 is 0 Å². The molecule has 7 heteroatoms. The Kier molecular flexibility index (Phi) is 12.2. The lowest BCUT2D eigenvalue weighted by Gasteiger charge is -2.36. The first-order valence-electron chi connectivity index (χ1n) is 14.5. The summed E-state index contributed by atoms with van der Waals surface area (Å²) in [5.74, 6) is -0.754. The number of benzene rings is 2. The van der Waals surface area contributed by atoms with E-state index in [4.69, 9.17) is 4.74 Å². The summed E-state index contributed by atoms with van der Waals surface area (Å²) >= 11 is 0. The number of ether oxygens (including phenoxy) is 1. The monoisotopic (exact) mass is 551 g/mol. The zero-order valence-corrected chi connectivity index (χ0v) is 25.9. The number of hydrogen-bond acceptors (Lipinski definition) is 4. The second-order valence-electron chi connectivity index (χ2n) is 11.8. The van der Waals surface area contributed by atoms with Gasteiger partial charge in [0, 0.05) is 12.2 Å². The van der Waals surface area contributed by atoms with Gasteiger partial charge >= 0.3 is 6.09 Å². The maximum Gasteiger partial charge on any atom is 0.408 e. The first-order chi connectivity index (χ1) is 18.8. The summed E-state index contributed by atoms with van der Waals surface area (Å²) < 4.78 is 5.50. The Labute approximate surface area is 241 Å². The molecule has 3 amide bonds. The van der Waals surface area contributed by atoms with E-state index in [0.29, 0.717) is 18.7 Å².